The maximum Gasteiger partial charge on any atom is 0.217 e. The van der Waals surface area contributed by atoms with Crippen molar-refractivity contribution in [2.75, 3.05) is 26.4 Å². The SMILES string of the molecule is CC1(C)COC(c2cc(Br)c(-c3oc(C4OCC(C)(C)CO4)cc3Br)o2)OC1. The minimum absolute atomic E-state index is 0.00332. The van der Waals surface area contributed by atoms with Crippen molar-refractivity contribution in [3.8, 4) is 11.5 Å². The van der Waals surface area contributed by atoms with E-state index in [1.807, 2.05) is 12.1 Å². The molecule has 0 aromatic carbocycles. The number of furan rings is 2. The molecule has 0 saturated carbocycles. The first kappa shape index (κ1) is 20.6. The van der Waals surface area contributed by atoms with Gasteiger partial charge < -0.3 is 27.8 Å². The Morgan fingerprint density at radius 3 is 1.32 bits per heavy atom. The molecule has 0 spiro atoms. The van der Waals surface area contributed by atoms with Crippen molar-refractivity contribution in [1.29, 1.82) is 0 Å². The Morgan fingerprint density at radius 2 is 1.00 bits per heavy atom. The van der Waals surface area contributed by atoms with Crippen LogP contribution in [0.15, 0.2) is 29.9 Å². The fourth-order valence-corrected chi connectivity index (χ4v) is 4.00. The molecule has 2 aromatic rings. The second-order valence-electron chi connectivity index (χ2n) is 8.89. The number of ether oxygens (including phenoxy) is 4. The molecule has 0 amide bonds. The second-order valence-corrected chi connectivity index (χ2v) is 10.6. The average molecular weight is 520 g/mol. The van der Waals surface area contributed by atoms with E-state index in [2.05, 4.69) is 59.6 Å². The van der Waals surface area contributed by atoms with Crippen LogP contribution in [0.4, 0.5) is 0 Å². The van der Waals surface area contributed by atoms with Gasteiger partial charge in [0, 0.05) is 10.8 Å². The molecule has 0 radical (unpaired) electrons. The Bertz CT molecular complexity index is 763. The highest BCUT2D eigenvalue weighted by Crippen LogP contribution is 2.43. The van der Waals surface area contributed by atoms with Crippen LogP contribution in [0.3, 0.4) is 0 Å². The van der Waals surface area contributed by atoms with Crippen LogP contribution in [-0.2, 0) is 18.9 Å². The van der Waals surface area contributed by atoms with Gasteiger partial charge in [-0.2, -0.15) is 0 Å². The fraction of sp³-hybridized carbons (Fsp3) is 0.600. The lowest BCUT2D eigenvalue weighted by atomic mass is 9.95. The van der Waals surface area contributed by atoms with Crippen LogP contribution in [-0.4, -0.2) is 26.4 Å². The van der Waals surface area contributed by atoms with Crippen LogP contribution in [0.2, 0.25) is 0 Å². The first-order chi connectivity index (χ1) is 13.1. The van der Waals surface area contributed by atoms with E-state index in [-0.39, 0.29) is 10.8 Å². The predicted octanol–water partition coefficient (Wildman–Crippen LogP) is 6.21. The highest BCUT2D eigenvalue weighted by atomic mass is 79.9. The molecule has 0 unspecified atom stereocenters. The van der Waals surface area contributed by atoms with Gasteiger partial charge in [0.05, 0.1) is 35.4 Å². The standard InChI is InChI=1S/C20H24Br2O6/c1-19(2)7-23-17(24-8-19)13-5-11(21)15(27-13)16-12(22)6-14(28-16)18-25-9-20(3,4)10-26-18/h5-6,17-18H,7-10H2,1-4H3. The van der Waals surface area contributed by atoms with Crippen molar-refractivity contribution >= 4 is 31.9 Å². The van der Waals surface area contributed by atoms with Crippen LogP contribution in [0.1, 0.15) is 51.8 Å². The van der Waals surface area contributed by atoms with Crippen molar-refractivity contribution in [2.24, 2.45) is 10.8 Å². The van der Waals surface area contributed by atoms with Gasteiger partial charge in [-0.25, -0.2) is 0 Å². The van der Waals surface area contributed by atoms with Crippen molar-refractivity contribution in [3.63, 3.8) is 0 Å². The monoisotopic (exact) mass is 518 g/mol. The number of rotatable bonds is 3. The largest absolute Gasteiger partial charge is 0.451 e. The van der Waals surface area contributed by atoms with Crippen LogP contribution in [0.25, 0.3) is 11.5 Å². The summed E-state index contributed by atoms with van der Waals surface area (Å²) < 4.78 is 36.8. The van der Waals surface area contributed by atoms with Gasteiger partial charge in [0.2, 0.25) is 12.6 Å². The highest BCUT2D eigenvalue weighted by molar-refractivity contribution is 9.11. The topological polar surface area (TPSA) is 63.2 Å². The Hall–Kier alpha value is -0.640. The lowest BCUT2D eigenvalue weighted by Gasteiger charge is -2.33. The maximum absolute atomic E-state index is 6.02. The molecule has 0 N–H and O–H groups in total. The summed E-state index contributed by atoms with van der Waals surface area (Å²) in [6.45, 7) is 10.8. The van der Waals surface area contributed by atoms with Crippen molar-refractivity contribution in [3.05, 3.63) is 32.6 Å². The summed E-state index contributed by atoms with van der Waals surface area (Å²) in [7, 11) is 0. The predicted molar refractivity (Wildman–Crippen MR) is 109 cm³/mol. The third kappa shape index (κ3) is 4.27. The zero-order chi connectivity index (χ0) is 20.1. The van der Waals surface area contributed by atoms with E-state index in [9.17, 15) is 0 Å². The minimum atomic E-state index is -0.529. The Labute approximate surface area is 181 Å². The van der Waals surface area contributed by atoms with Crippen LogP contribution < -0.4 is 0 Å². The Morgan fingerprint density at radius 1 is 0.679 bits per heavy atom. The van der Waals surface area contributed by atoms with Crippen LogP contribution >= 0.6 is 31.9 Å². The van der Waals surface area contributed by atoms with Crippen LogP contribution in [0.5, 0.6) is 0 Å². The molecule has 0 atom stereocenters. The third-order valence-corrected chi connectivity index (χ3v) is 5.76. The zero-order valence-electron chi connectivity index (χ0n) is 16.3. The fourth-order valence-electron chi connectivity index (χ4n) is 3.03. The molecule has 4 heterocycles. The van der Waals surface area contributed by atoms with Crippen molar-refractivity contribution in [1.82, 2.24) is 0 Å². The lowest BCUT2D eigenvalue weighted by molar-refractivity contribution is -0.233. The van der Waals surface area contributed by atoms with Gasteiger partial charge in [-0.3, -0.25) is 0 Å². The van der Waals surface area contributed by atoms with Crippen molar-refractivity contribution in [2.45, 2.75) is 40.3 Å². The average Bonchev–Trinajstić information content (AvgIpc) is 3.17. The molecule has 8 heteroatoms. The zero-order valence-corrected chi connectivity index (χ0v) is 19.5. The van der Waals surface area contributed by atoms with E-state index in [0.29, 0.717) is 49.5 Å². The van der Waals surface area contributed by atoms with E-state index in [1.165, 1.54) is 0 Å². The molecule has 2 saturated heterocycles. The van der Waals surface area contributed by atoms with Crippen molar-refractivity contribution < 1.29 is 27.8 Å². The van der Waals surface area contributed by atoms with Gasteiger partial charge in [0.1, 0.15) is 0 Å². The van der Waals surface area contributed by atoms with Gasteiger partial charge in [-0.1, -0.05) is 27.7 Å². The summed E-state index contributed by atoms with van der Waals surface area (Å²) in [5.41, 5.74) is -0.00663. The van der Waals surface area contributed by atoms with E-state index >= 15 is 0 Å². The van der Waals surface area contributed by atoms with Crippen LogP contribution in [0, 0.1) is 10.8 Å². The molecule has 0 aliphatic carbocycles. The van der Waals surface area contributed by atoms with Gasteiger partial charge >= 0.3 is 0 Å². The van der Waals surface area contributed by atoms with E-state index in [1.54, 1.807) is 0 Å². The molecule has 28 heavy (non-hydrogen) atoms. The number of hydrogen-bond donors (Lipinski definition) is 0. The second kappa shape index (κ2) is 7.56. The lowest BCUT2D eigenvalue weighted by Crippen LogP contribution is -2.33. The molecule has 2 aliphatic heterocycles. The molecule has 2 aliphatic rings. The summed E-state index contributed by atoms with van der Waals surface area (Å²) in [6, 6.07) is 3.70. The Kier molecular flexibility index (Phi) is 5.57. The molecule has 2 fully saturated rings. The molecule has 4 rings (SSSR count). The van der Waals surface area contributed by atoms with E-state index in [4.69, 9.17) is 27.8 Å². The molecule has 6 nitrogen and oxygen atoms in total. The highest BCUT2D eigenvalue weighted by Gasteiger charge is 2.34. The smallest absolute Gasteiger partial charge is 0.217 e. The van der Waals surface area contributed by atoms with Gasteiger partial charge in [0.25, 0.3) is 0 Å². The summed E-state index contributed by atoms with van der Waals surface area (Å²) in [5.74, 6) is 2.30. The maximum atomic E-state index is 6.02. The van der Waals surface area contributed by atoms with E-state index in [0.717, 1.165) is 8.95 Å². The van der Waals surface area contributed by atoms with Gasteiger partial charge in [0.15, 0.2) is 23.0 Å². The molecule has 2 aromatic heterocycles. The number of hydrogen-bond acceptors (Lipinski definition) is 6. The quantitative estimate of drug-likeness (QED) is 0.480. The summed E-state index contributed by atoms with van der Waals surface area (Å²) >= 11 is 7.10. The number of halogens is 2. The normalized spacial score (nSPS) is 23.2. The summed E-state index contributed by atoms with van der Waals surface area (Å²) in [4.78, 5) is 0. The first-order valence-electron chi connectivity index (χ1n) is 9.19. The Balaban J connectivity index is 1.54. The summed E-state index contributed by atoms with van der Waals surface area (Å²) in [6.07, 6.45) is -1.06. The third-order valence-electron chi connectivity index (χ3n) is 4.58. The van der Waals surface area contributed by atoms with Gasteiger partial charge in [-0.15, -0.1) is 0 Å². The molecular weight excluding hydrogens is 496 g/mol. The minimum Gasteiger partial charge on any atom is -0.451 e. The van der Waals surface area contributed by atoms with E-state index < -0.39 is 12.6 Å². The van der Waals surface area contributed by atoms with Gasteiger partial charge in [-0.05, 0) is 44.0 Å². The molecule has 154 valence electrons. The molecular formula is C20H24Br2O6. The molecule has 0 bridgehead atoms. The summed E-state index contributed by atoms with van der Waals surface area (Å²) in [5, 5.41) is 0. The first-order valence-corrected chi connectivity index (χ1v) is 10.8.